The predicted molar refractivity (Wildman–Crippen MR) is 51.6 cm³/mol. The van der Waals surface area contributed by atoms with Crippen molar-refractivity contribution in [3.8, 4) is 11.3 Å². The van der Waals surface area contributed by atoms with Crippen LogP contribution < -0.4 is 0 Å². The first-order chi connectivity index (χ1) is 7.16. The molecule has 0 amide bonds. The second kappa shape index (κ2) is 3.81. The van der Waals surface area contributed by atoms with Gasteiger partial charge in [-0.05, 0) is 6.92 Å². The Kier molecular flexibility index (Phi) is 2.49. The van der Waals surface area contributed by atoms with Crippen molar-refractivity contribution in [3.63, 3.8) is 0 Å². The van der Waals surface area contributed by atoms with Crippen molar-refractivity contribution in [2.45, 2.75) is 13.3 Å². The fourth-order valence-corrected chi connectivity index (χ4v) is 1.24. The minimum absolute atomic E-state index is 0.366. The molecule has 1 aromatic heterocycles. The lowest BCUT2D eigenvalue weighted by Gasteiger charge is -1.96. The molecule has 0 N–H and O–H groups in total. The molecule has 0 aliphatic carbocycles. The molecular formula is C11H9F2NO. The van der Waals surface area contributed by atoms with Crippen LogP contribution in [0.2, 0.25) is 0 Å². The summed E-state index contributed by atoms with van der Waals surface area (Å²) in [7, 11) is 0. The van der Waals surface area contributed by atoms with Gasteiger partial charge >= 0.3 is 6.43 Å². The van der Waals surface area contributed by atoms with E-state index in [-0.39, 0.29) is 0 Å². The molecule has 0 saturated heterocycles. The molecule has 0 saturated carbocycles. The maximum Gasteiger partial charge on any atom is 0.313 e. The number of alkyl halides is 2. The molecule has 0 radical (unpaired) electrons. The summed E-state index contributed by atoms with van der Waals surface area (Å²) in [6.45, 7) is 1.95. The molecule has 2 aromatic rings. The Labute approximate surface area is 85.6 Å². The van der Waals surface area contributed by atoms with Crippen molar-refractivity contribution in [1.29, 1.82) is 0 Å². The number of halogens is 2. The van der Waals surface area contributed by atoms with Gasteiger partial charge in [0.05, 0.1) is 6.20 Å². The van der Waals surface area contributed by atoms with Crippen molar-refractivity contribution in [3.05, 3.63) is 41.9 Å². The van der Waals surface area contributed by atoms with E-state index in [1.807, 2.05) is 31.2 Å². The topological polar surface area (TPSA) is 26.0 Å². The fourth-order valence-electron chi connectivity index (χ4n) is 1.24. The van der Waals surface area contributed by atoms with Gasteiger partial charge in [-0.25, -0.2) is 4.98 Å². The average molecular weight is 209 g/mol. The van der Waals surface area contributed by atoms with E-state index in [0.29, 0.717) is 5.76 Å². The van der Waals surface area contributed by atoms with Crippen LogP contribution in [0.4, 0.5) is 8.78 Å². The fraction of sp³-hybridized carbons (Fsp3) is 0.182. The van der Waals surface area contributed by atoms with Crippen molar-refractivity contribution in [2.75, 3.05) is 0 Å². The number of hydrogen-bond donors (Lipinski definition) is 0. The smallest absolute Gasteiger partial charge is 0.313 e. The minimum Gasteiger partial charge on any atom is -0.435 e. The van der Waals surface area contributed by atoms with Crippen LogP contribution in [-0.2, 0) is 0 Å². The molecule has 0 aliphatic rings. The van der Waals surface area contributed by atoms with Crippen LogP contribution in [0.5, 0.6) is 0 Å². The highest BCUT2D eigenvalue weighted by atomic mass is 19.3. The summed E-state index contributed by atoms with van der Waals surface area (Å²) in [6.07, 6.45) is -1.35. The normalized spacial score (nSPS) is 10.9. The van der Waals surface area contributed by atoms with E-state index in [1.54, 1.807) is 0 Å². The monoisotopic (exact) mass is 209 g/mol. The summed E-state index contributed by atoms with van der Waals surface area (Å²) in [5, 5.41) is 0. The molecule has 2 nitrogen and oxygen atoms in total. The quantitative estimate of drug-likeness (QED) is 0.755. The molecule has 78 valence electrons. The predicted octanol–water partition coefficient (Wildman–Crippen LogP) is 3.59. The molecule has 1 heterocycles. The summed E-state index contributed by atoms with van der Waals surface area (Å²) < 4.78 is 29.3. The van der Waals surface area contributed by atoms with Gasteiger partial charge in [-0.2, -0.15) is 8.78 Å². The SMILES string of the molecule is Cc1ccc(-c2cnc(C(F)F)o2)cc1. The first-order valence-electron chi connectivity index (χ1n) is 4.48. The Morgan fingerprint density at radius 3 is 2.40 bits per heavy atom. The third-order valence-electron chi connectivity index (χ3n) is 2.05. The lowest BCUT2D eigenvalue weighted by molar-refractivity contribution is 0.116. The van der Waals surface area contributed by atoms with Crippen LogP contribution in [0.25, 0.3) is 11.3 Å². The lowest BCUT2D eigenvalue weighted by Crippen LogP contribution is -1.80. The molecule has 0 spiro atoms. The Morgan fingerprint density at radius 1 is 1.20 bits per heavy atom. The van der Waals surface area contributed by atoms with Crippen LogP contribution in [-0.4, -0.2) is 4.98 Å². The lowest BCUT2D eigenvalue weighted by atomic mass is 10.1. The number of rotatable bonds is 2. The zero-order chi connectivity index (χ0) is 10.8. The van der Waals surface area contributed by atoms with Crippen LogP contribution >= 0.6 is 0 Å². The molecule has 2 rings (SSSR count). The van der Waals surface area contributed by atoms with E-state index < -0.39 is 12.3 Å². The van der Waals surface area contributed by atoms with Gasteiger partial charge in [0.2, 0.25) is 0 Å². The standard InChI is InChI=1S/C11H9F2NO/c1-7-2-4-8(5-3-7)9-6-14-11(15-9)10(12)13/h2-6,10H,1H3. The molecule has 0 bridgehead atoms. The Hall–Kier alpha value is -1.71. The number of nitrogens with zero attached hydrogens (tertiary/aromatic N) is 1. The van der Waals surface area contributed by atoms with E-state index in [4.69, 9.17) is 4.42 Å². The van der Waals surface area contributed by atoms with Crippen molar-refractivity contribution in [2.24, 2.45) is 0 Å². The highest BCUT2D eigenvalue weighted by Crippen LogP contribution is 2.25. The molecular weight excluding hydrogens is 200 g/mol. The third-order valence-corrected chi connectivity index (χ3v) is 2.05. The van der Waals surface area contributed by atoms with E-state index in [2.05, 4.69) is 4.98 Å². The minimum atomic E-state index is -2.66. The average Bonchev–Trinajstić information content (AvgIpc) is 2.68. The van der Waals surface area contributed by atoms with Gasteiger partial charge in [-0.15, -0.1) is 0 Å². The molecule has 0 unspecified atom stereocenters. The summed E-state index contributed by atoms with van der Waals surface area (Å²) in [5.41, 5.74) is 1.85. The van der Waals surface area contributed by atoms with Gasteiger partial charge in [0.15, 0.2) is 5.76 Å². The molecule has 0 atom stereocenters. The van der Waals surface area contributed by atoms with Gasteiger partial charge in [0, 0.05) is 5.56 Å². The highest BCUT2D eigenvalue weighted by Gasteiger charge is 2.14. The summed E-state index contributed by atoms with van der Waals surface area (Å²) in [4.78, 5) is 3.50. The second-order valence-corrected chi connectivity index (χ2v) is 3.23. The zero-order valence-corrected chi connectivity index (χ0v) is 8.08. The molecule has 1 aromatic carbocycles. The van der Waals surface area contributed by atoms with Crippen LogP contribution in [0, 0.1) is 6.92 Å². The van der Waals surface area contributed by atoms with Crippen LogP contribution in [0.1, 0.15) is 17.9 Å². The van der Waals surface area contributed by atoms with E-state index in [9.17, 15) is 8.78 Å². The first kappa shape index (κ1) is 9.83. The van der Waals surface area contributed by atoms with Crippen LogP contribution in [0.15, 0.2) is 34.9 Å². The number of oxazole rings is 1. The van der Waals surface area contributed by atoms with Crippen molar-refractivity contribution < 1.29 is 13.2 Å². The van der Waals surface area contributed by atoms with Gasteiger partial charge < -0.3 is 4.42 Å². The first-order valence-corrected chi connectivity index (χ1v) is 4.48. The third kappa shape index (κ3) is 2.03. The number of aryl methyl sites for hydroxylation is 1. The Morgan fingerprint density at radius 2 is 1.87 bits per heavy atom. The summed E-state index contributed by atoms with van der Waals surface area (Å²) >= 11 is 0. The Balaban J connectivity index is 2.33. The van der Waals surface area contributed by atoms with E-state index in [0.717, 1.165) is 11.1 Å². The summed E-state index contributed by atoms with van der Waals surface area (Å²) in [6, 6.07) is 7.40. The van der Waals surface area contributed by atoms with E-state index >= 15 is 0 Å². The Bertz CT molecular complexity index is 448. The number of hydrogen-bond acceptors (Lipinski definition) is 2. The maximum absolute atomic E-state index is 12.2. The van der Waals surface area contributed by atoms with Crippen molar-refractivity contribution >= 4 is 0 Å². The molecule has 0 aliphatic heterocycles. The molecule has 0 fully saturated rings. The number of benzene rings is 1. The summed E-state index contributed by atoms with van der Waals surface area (Å²) in [5.74, 6) is -0.170. The van der Waals surface area contributed by atoms with E-state index in [1.165, 1.54) is 6.20 Å². The molecule has 15 heavy (non-hydrogen) atoms. The zero-order valence-electron chi connectivity index (χ0n) is 8.08. The van der Waals surface area contributed by atoms with Gasteiger partial charge in [-0.3, -0.25) is 0 Å². The largest absolute Gasteiger partial charge is 0.435 e. The second-order valence-electron chi connectivity index (χ2n) is 3.23. The van der Waals surface area contributed by atoms with Gasteiger partial charge in [0.25, 0.3) is 5.89 Å². The number of aromatic nitrogens is 1. The van der Waals surface area contributed by atoms with Gasteiger partial charge in [0.1, 0.15) is 0 Å². The van der Waals surface area contributed by atoms with Crippen molar-refractivity contribution in [1.82, 2.24) is 4.98 Å². The van der Waals surface area contributed by atoms with Gasteiger partial charge in [-0.1, -0.05) is 29.8 Å². The van der Waals surface area contributed by atoms with Crippen LogP contribution in [0.3, 0.4) is 0 Å². The maximum atomic E-state index is 12.2. The molecule has 4 heteroatoms. The highest BCUT2D eigenvalue weighted by molar-refractivity contribution is 5.56.